The molecule has 7 nitrogen and oxygen atoms in total. The number of carbonyl (C=O) groups excluding carboxylic acids is 2. The van der Waals surface area contributed by atoms with Crippen LogP contribution >= 0.6 is 23.2 Å². The predicted octanol–water partition coefficient (Wildman–Crippen LogP) is 5.12. The SMILES string of the molecule is CCOC(=O)C1=C(c2ccccc2)NC(=O)NC1c1cc(Cl)c(OCC)c(Cl)c1OCC. The predicted molar refractivity (Wildman–Crippen MR) is 123 cm³/mol. The van der Waals surface area contributed by atoms with Crippen molar-refractivity contribution in [1.29, 1.82) is 0 Å². The van der Waals surface area contributed by atoms with E-state index in [9.17, 15) is 9.59 Å². The van der Waals surface area contributed by atoms with E-state index in [1.54, 1.807) is 32.0 Å². The van der Waals surface area contributed by atoms with Crippen LogP contribution in [-0.2, 0) is 9.53 Å². The normalized spacial score (nSPS) is 15.7. The molecule has 2 amide bonds. The fourth-order valence-corrected chi connectivity index (χ4v) is 4.08. The summed E-state index contributed by atoms with van der Waals surface area (Å²) in [5.41, 5.74) is 1.60. The van der Waals surface area contributed by atoms with Gasteiger partial charge >= 0.3 is 12.0 Å². The molecule has 0 fully saturated rings. The highest BCUT2D eigenvalue weighted by atomic mass is 35.5. The Balaban J connectivity index is 2.28. The number of esters is 1. The molecule has 32 heavy (non-hydrogen) atoms. The number of nitrogens with one attached hydrogen (secondary N) is 2. The molecule has 2 aromatic rings. The number of hydrogen-bond acceptors (Lipinski definition) is 5. The van der Waals surface area contributed by atoms with Gasteiger partial charge in [0.1, 0.15) is 10.8 Å². The second-order valence-corrected chi connectivity index (χ2v) is 7.48. The Hall–Kier alpha value is -2.90. The minimum Gasteiger partial charge on any atom is -0.492 e. The van der Waals surface area contributed by atoms with Gasteiger partial charge in [-0.2, -0.15) is 0 Å². The van der Waals surface area contributed by atoms with Gasteiger partial charge in [0.25, 0.3) is 0 Å². The van der Waals surface area contributed by atoms with Gasteiger partial charge in [0.15, 0.2) is 5.75 Å². The van der Waals surface area contributed by atoms with Crippen LogP contribution in [0.1, 0.15) is 37.9 Å². The van der Waals surface area contributed by atoms with E-state index in [0.29, 0.717) is 30.0 Å². The number of benzene rings is 2. The largest absolute Gasteiger partial charge is 0.492 e. The monoisotopic (exact) mass is 478 g/mol. The average molecular weight is 479 g/mol. The molecule has 2 N–H and O–H groups in total. The van der Waals surface area contributed by atoms with Crippen molar-refractivity contribution in [3.63, 3.8) is 0 Å². The van der Waals surface area contributed by atoms with Crippen LogP contribution in [0, 0.1) is 0 Å². The summed E-state index contributed by atoms with van der Waals surface area (Å²) in [6.07, 6.45) is 0. The maximum Gasteiger partial charge on any atom is 0.338 e. The average Bonchev–Trinajstić information content (AvgIpc) is 2.78. The Kier molecular flexibility index (Phi) is 7.88. The van der Waals surface area contributed by atoms with Gasteiger partial charge in [-0.1, -0.05) is 53.5 Å². The van der Waals surface area contributed by atoms with Crippen molar-refractivity contribution in [3.05, 3.63) is 63.1 Å². The van der Waals surface area contributed by atoms with Crippen molar-refractivity contribution >= 4 is 40.9 Å². The molecule has 0 saturated heterocycles. The summed E-state index contributed by atoms with van der Waals surface area (Å²) in [6.45, 7) is 6.12. The lowest BCUT2D eigenvalue weighted by atomic mass is 9.92. The van der Waals surface area contributed by atoms with Crippen LogP contribution in [0.5, 0.6) is 11.5 Å². The molecule has 0 aliphatic carbocycles. The van der Waals surface area contributed by atoms with Crippen LogP contribution in [0.25, 0.3) is 5.70 Å². The van der Waals surface area contributed by atoms with E-state index in [1.807, 2.05) is 25.1 Å². The summed E-state index contributed by atoms with van der Waals surface area (Å²) in [5.74, 6) is -0.0518. The maximum atomic E-state index is 13.1. The summed E-state index contributed by atoms with van der Waals surface area (Å²) in [7, 11) is 0. The zero-order valence-corrected chi connectivity index (χ0v) is 19.5. The molecule has 1 heterocycles. The molecule has 0 spiro atoms. The first-order chi connectivity index (χ1) is 15.4. The van der Waals surface area contributed by atoms with Crippen molar-refractivity contribution in [3.8, 4) is 11.5 Å². The van der Waals surface area contributed by atoms with Crippen molar-refractivity contribution in [2.24, 2.45) is 0 Å². The van der Waals surface area contributed by atoms with E-state index in [2.05, 4.69) is 10.6 Å². The highest BCUT2D eigenvalue weighted by Crippen LogP contribution is 2.47. The van der Waals surface area contributed by atoms with Gasteiger partial charge in [0, 0.05) is 5.56 Å². The second kappa shape index (κ2) is 10.6. The summed E-state index contributed by atoms with van der Waals surface area (Å²) in [4.78, 5) is 25.7. The third-order valence-electron chi connectivity index (χ3n) is 4.68. The zero-order chi connectivity index (χ0) is 23.3. The quantitative estimate of drug-likeness (QED) is 0.514. The van der Waals surface area contributed by atoms with Crippen LogP contribution in [-0.4, -0.2) is 31.8 Å². The Morgan fingerprint density at radius 2 is 1.66 bits per heavy atom. The van der Waals surface area contributed by atoms with E-state index >= 15 is 0 Å². The minimum absolute atomic E-state index is 0.161. The van der Waals surface area contributed by atoms with Crippen LogP contribution in [0.15, 0.2) is 42.0 Å². The first-order valence-electron chi connectivity index (χ1n) is 10.2. The number of carbonyl (C=O) groups is 2. The lowest BCUT2D eigenvalue weighted by molar-refractivity contribution is -0.138. The first kappa shape index (κ1) is 23.8. The van der Waals surface area contributed by atoms with E-state index in [1.165, 1.54) is 0 Å². The minimum atomic E-state index is -0.926. The molecule has 0 saturated carbocycles. The van der Waals surface area contributed by atoms with Gasteiger partial charge in [-0.25, -0.2) is 9.59 Å². The fraction of sp³-hybridized carbons (Fsp3) is 0.304. The molecule has 170 valence electrons. The number of halogens is 2. The van der Waals surface area contributed by atoms with E-state index in [-0.39, 0.29) is 33.7 Å². The highest BCUT2D eigenvalue weighted by Gasteiger charge is 2.37. The molecule has 1 unspecified atom stereocenters. The van der Waals surface area contributed by atoms with Crippen LogP contribution in [0.3, 0.4) is 0 Å². The fourth-order valence-electron chi connectivity index (χ4n) is 3.44. The number of hydrogen-bond donors (Lipinski definition) is 2. The molecule has 2 aromatic carbocycles. The standard InChI is InChI=1S/C23H24Cl2N2O5/c1-4-30-20-14(12-15(24)21(17(20)25)31-5-2)19-16(22(28)32-6-3)18(26-23(29)27-19)13-10-8-7-9-11-13/h7-12,19H,4-6H2,1-3H3,(H2,26,27,29). The lowest BCUT2D eigenvalue weighted by Crippen LogP contribution is -2.45. The number of urea groups is 1. The third kappa shape index (κ3) is 4.79. The Morgan fingerprint density at radius 3 is 2.28 bits per heavy atom. The molecule has 0 bridgehead atoms. The third-order valence-corrected chi connectivity index (χ3v) is 5.30. The highest BCUT2D eigenvalue weighted by molar-refractivity contribution is 6.38. The number of ether oxygens (including phenoxy) is 3. The smallest absolute Gasteiger partial charge is 0.338 e. The lowest BCUT2D eigenvalue weighted by Gasteiger charge is -2.31. The van der Waals surface area contributed by atoms with E-state index < -0.39 is 18.0 Å². The number of rotatable bonds is 8. The van der Waals surface area contributed by atoms with Crippen LogP contribution in [0.2, 0.25) is 10.0 Å². The van der Waals surface area contributed by atoms with E-state index in [4.69, 9.17) is 37.4 Å². The molecular weight excluding hydrogens is 455 g/mol. The summed E-state index contributed by atoms with van der Waals surface area (Å²) < 4.78 is 16.7. The van der Waals surface area contributed by atoms with Gasteiger partial charge in [-0.3, -0.25) is 0 Å². The van der Waals surface area contributed by atoms with Gasteiger partial charge in [0.2, 0.25) is 0 Å². The Bertz CT molecular complexity index is 1040. The maximum absolute atomic E-state index is 13.1. The van der Waals surface area contributed by atoms with Crippen molar-refractivity contribution in [1.82, 2.24) is 10.6 Å². The summed E-state index contributed by atoms with van der Waals surface area (Å²) in [6, 6.07) is 9.21. The number of amides is 2. The molecular formula is C23H24Cl2N2O5. The van der Waals surface area contributed by atoms with Crippen molar-refractivity contribution in [2.45, 2.75) is 26.8 Å². The van der Waals surface area contributed by atoms with Crippen molar-refractivity contribution in [2.75, 3.05) is 19.8 Å². The summed E-state index contributed by atoms with van der Waals surface area (Å²) in [5, 5.41) is 5.90. The molecule has 1 aliphatic heterocycles. The van der Waals surface area contributed by atoms with Crippen LogP contribution < -0.4 is 20.1 Å². The van der Waals surface area contributed by atoms with E-state index in [0.717, 1.165) is 0 Å². The first-order valence-corrected chi connectivity index (χ1v) is 11.0. The molecule has 9 heteroatoms. The molecule has 0 aromatic heterocycles. The second-order valence-electron chi connectivity index (χ2n) is 6.69. The Labute approximate surface area is 196 Å². The zero-order valence-electron chi connectivity index (χ0n) is 18.0. The van der Waals surface area contributed by atoms with Gasteiger partial charge in [-0.15, -0.1) is 0 Å². The molecule has 3 rings (SSSR count). The molecule has 1 aliphatic rings. The topological polar surface area (TPSA) is 85.9 Å². The Morgan fingerprint density at radius 1 is 1.00 bits per heavy atom. The molecule has 0 radical (unpaired) electrons. The van der Waals surface area contributed by atoms with Gasteiger partial charge < -0.3 is 24.8 Å². The summed E-state index contributed by atoms with van der Waals surface area (Å²) >= 11 is 13.0. The van der Waals surface area contributed by atoms with Gasteiger partial charge in [-0.05, 0) is 32.4 Å². The molecule has 1 atom stereocenters. The van der Waals surface area contributed by atoms with Gasteiger partial charge in [0.05, 0.1) is 42.2 Å². The van der Waals surface area contributed by atoms with Crippen molar-refractivity contribution < 1.29 is 23.8 Å². The van der Waals surface area contributed by atoms with Crippen LogP contribution in [0.4, 0.5) is 4.79 Å².